The average Bonchev–Trinajstić information content (AvgIpc) is 2.38. The second-order valence-corrected chi connectivity index (χ2v) is 5.12. The highest BCUT2D eigenvalue weighted by Gasteiger charge is 2.18. The number of hydrogen-bond donors (Lipinski definition) is 1. The van der Waals surface area contributed by atoms with Crippen molar-refractivity contribution >= 4 is 13.7 Å². The lowest BCUT2D eigenvalue weighted by Crippen LogP contribution is -2.50. The molecule has 0 saturated carbocycles. The highest BCUT2D eigenvalue weighted by Crippen LogP contribution is 2.14. The van der Waals surface area contributed by atoms with Crippen molar-refractivity contribution in [1.29, 1.82) is 0 Å². The Morgan fingerprint density at radius 2 is 1.89 bits per heavy atom. The van der Waals surface area contributed by atoms with Crippen LogP contribution in [-0.4, -0.2) is 56.5 Å². The van der Waals surface area contributed by atoms with E-state index in [1.165, 1.54) is 11.3 Å². The van der Waals surface area contributed by atoms with E-state index < -0.39 is 0 Å². The fourth-order valence-electron chi connectivity index (χ4n) is 2.34. The third kappa shape index (κ3) is 3.50. The van der Waals surface area contributed by atoms with Gasteiger partial charge in [-0.2, -0.15) is 0 Å². The summed E-state index contributed by atoms with van der Waals surface area (Å²) in [5, 5.41) is 3.53. The van der Waals surface area contributed by atoms with Crippen molar-refractivity contribution < 1.29 is 0 Å². The maximum Gasteiger partial charge on any atom is 0.182 e. The number of hydrogen-bond acceptors (Lipinski definition) is 3. The standard InChI is InChI=1S/C14H22BN3/c1-12-5-3-4-6-14(12)16-11-13(2)17-7-9-18(15)10-8-17/h3-6,13,16H,7-11H2,1-2H3. The predicted octanol–water partition coefficient (Wildman–Crippen LogP) is 1.50. The van der Waals surface area contributed by atoms with Gasteiger partial charge in [-0.1, -0.05) is 18.2 Å². The predicted molar refractivity (Wildman–Crippen MR) is 78.0 cm³/mol. The van der Waals surface area contributed by atoms with Crippen LogP contribution < -0.4 is 5.32 Å². The SMILES string of the molecule is [B]N1CCN(C(C)CNc2ccccc2C)CC1. The zero-order valence-electron chi connectivity index (χ0n) is 11.4. The fraction of sp³-hybridized carbons (Fsp3) is 0.571. The summed E-state index contributed by atoms with van der Waals surface area (Å²) in [5.41, 5.74) is 2.54. The van der Waals surface area contributed by atoms with Crippen LogP contribution in [0.3, 0.4) is 0 Å². The van der Waals surface area contributed by atoms with E-state index in [2.05, 4.69) is 48.3 Å². The van der Waals surface area contributed by atoms with Gasteiger partial charge in [0.05, 0.1) is 0 Å². The van der Waals surface area contributed by atoms with Gasteiger partial charge in [0.15, 0.2) is 7.98 Å². The third-order valence-corrected chi connectivity index (χ3v) is 3.71. The van der Waals surface area contributed by atoms with Gasteiger partial charge < -0.3 is 10.1 Å². The molecule has 96 valence electrons. The Morgan fingerprint density at radius 1 is 1.22 bits per heavy atom. The molecular weight excluding hydrogens is 221 g/mol. The van der Waals surface area contributed by atoms with Crippen LogP contribution in [0.4, 0.5) is 5.69 Å². The van der Waals surface area contributed by atoms with E-state index in [4.69, 9.17) is 7.98 Å². The minimum Gasteiger partial charge on any atom is -0.383 e. The van der Waals surface area contributed by atoms with Crippen LogP contribution in [-0.2, 0) is 0 Å². The minimum atomic E-state index is 0.540. The molecule has 1 heterocycles. The number of piperazine rings is 1. The van der Waals surface area contributed by atoms with E-state index in [-0.39, 0.29) is 0 Å². The summed E-state index contributed by atoms with van der Waals surface area (Å²) in [6.45, 7) is 9.46. The van der Waals surface area contributed by atoms with Crippen LogP contribution in [0.5, 0.6) is 0 Å². The maximum absolute atomic E-state index is 5.77. The van der Waals surface area contributed by atoms with Gasteiger partial charge in [-0.15, -0.1) is 0 Å². The molecule has 1 saturated heterocycles. The van der Waals surface area contributed by atoms with Gasteiger partial charge >= 0.3 is 0 Å². The topological polar surface area (TPSA) is 18.5 Å². The van der Waals surface area contributed by atoms with E-state index in [1.807, 2.05) is 4.81 Å². The van der Waals surface area contributed by atoms with Crippen molar-refractivity contribution in [3.05, 3.63) is 29.8 Å². The molecule has 1 N–H and O–H groups in total. The van der Waals surface area contributed by atoms with Gasteiger partial charge in [0.2, 0.25) is 0 Å². The zero-order chi connectivity index (χ0) is 13.0. The largest absolute Gasteiger partial charge is 0.383 e. The van der Waals surface area contributed by atoms with Crippen LogP contribution in [0.25, 0.3) is 0 Å². The number of nitrogens with zero attached hydrogens (tertiary/aromatic N) is 2. The number of nitrogens with one attached hydrogen (secondary N) is 1. The van der Waals surface area contributed by atoms with Crippen molar-refractivity contribution in [2.75, 3.05) is 38.0 Å². The first-order valence-corrected chi connectivity index (χ1v) is 6.70. The Balaban J connectivity index is 1.81. The molecular formula is C14H22BN3. The maximum atomic E-state index is 5.77. The summed E-state index contributed by atoms with van der Waals surface area (Å²) in [4.78, 5) is 4.40. The number of rotatable bonds is 4. The van der Waals surface area contributed by atoms with Crippen LogP contribution >= 0.6 is 0 Å². The summed E-state index contributed by atoms with van der Waals surface area (Å²) in [6, 6.07) is 8.97. The molecule has 0 aliphatic carbocycles. The second-order valence-electron chi connectivity index (χ2n) is 5.12. The lowest BCUT2D eigenvalue weighted by molar-refractivity contribution is 0.153. The van der Waals surface area contributed by atoms with Crippen molar-refractivity contribution in [2.24, 2.45) is 0 Å². The summed E-state index contributed by atoms with van der Waals surface area (Å²) >= 11 is 0. The summed E-state index contributed by atoms with van der Waals surface area (Å²) in [7, 11) is 5.77. The van der Waals surface area contributed by atoms with Crippen LogP contribution in [0.1, 0.15) is 12.5 Å². The molecule has 1 aromatic carbocycles. The highest BCUT2D eigenvalue weighted by atomic mass is 15.2. The molecule has 1 aromatic rings. The molecule has 18 heavy (non-hydrogen) atoms. The molecule has 0 spiro atoms. The van der Waals surface area contributed by atoms with Gasteiger partial charge in [-0.25, -0.2) is 0 Å². The van der Waals surface area contributed by atoms with E-state index in [9.17, 15) is 0 Å². The molecule has 2 rings (SSSR count). The monoisotopic (exact) mass is 243 g/mol. The Kier molecular flexibility index (Phi) is 4.67. The Hall–Kier alpha value is -0.995. The Morgan fingerprint density at radius 3 is 2.56 bits per heavy atom. The smallest absolute Gasteiger partial charge is 0.182 e. The molecule has 2 radical (unpaired) electrons. The summed E-state index contributed by atoms with van der Waals surface area (Å²) in [6.07, 6.45) is 0. The molecule has 3 nitrogen and oxygen atoms in total. The lowest BCUT2D eigenvalue weighted by atomic mass is 10.1. The molecule has 0 amide bonds. The van der Waals surface area contributed by atoms with Gasteiger partial charge in [-0.05, 0) is 38.6 Å². The second kappa shape index (κ2) is 6.25. The Bertz CT molecular complexity index is 375. The molecule has 4 heteroatoms. The van der Waals surface area contributed by atoms with Crippen molar-refractivity contribution in [3.63, 3.8) is 0 Å². The quantitative estimate of drug-likeness (QED) is 0.808. The average molecular weight is 243 g/mol. The van der Waals surface area contributed by atoms with Gasteiger partial charge in [0.1, 0.15) is 0 Å². The zero-order valence-corrected chi connectivity index (χ0v) is 11.4. The van der Waals surface area contributed by atoms with Gasteiger partial charge in [0, 0.05) is 31.4 Å². The van der Waals surface area contributed by atoms with E-state index in [0.29, 0.717) is 6.04 Å². The molecule has 0 aromatic heterocycles. The van der Waals surface area contributed by atoms with Crippen molar-refractivity contribution in [3.8, 4) is 0 Å². The van der Waals surface area contributed by atoms with E-state index in [0.717, 1.165) is 32.7 Å². The van der Waals surface area contributed by atoms with E-state index >= 15 is 0 Å². The Labute approximate surface area is 112 Å². The first-order valence-electron chi connectivity index (χ1n) is 6.70. The van der Waals surface area contributed by atoms with Gasteiger partial charge in [-0.3, -0.25) is 4.90 Å². The minimum absolute atomic E-state index is 0.540. The van der Waals surface area contributed by atoms with Crippen LogP contribution in [0, 0.1) is 6.92 Å². The fourth-order valence-corrected chi connectivity index (χ4v) is 2.34. The number of anilines is 1. The van der Waals surface area contributed by atoms with Gasteiger partial charge in [0.25, 0.3) is 0 Å². The van der Waals surface area contributed by atoms with Crippen molar-refractivity contribution in [1.82, 2.24) is 9.71 Å². The highest BCUT2D eigenvalue weighted by molar-refractivity contribution is 6.04. The number of benzene rings is 1. The normalized spacial score (nSPS) is 19.7. The number of para-hydroxylation sites is 1. The van der Waals surface area contributed by atoms with Crippen molar-refractivity contribution in [2.45, 2.75) is 19.9 Å². The van der Waals surface area contributed by atoms with Crippen LogP contribution in [0.15, 0.2) is 24.3 Å². The molecule has 1 aliphatic rings. The summed E-state index contributed by atoms with van der Waals surface area (Å²) < 4.78 is 0. The summed E-state index contributed by atoms with van der Waals surface area (Å²) in [5.74, 6) is 0. The molecule has 0 bridgehead atoms. The van der Waals surface area contributed by atoms with E-state index in [1.54, 1.807) is 0 Å². The lowest BCUT2D eigenvalue weighted by Gasteiger charge is -2.37. The van der Waals surface area contributed by atoms with Crippen LogP contribution in [0.2, 0.25) is 0 Å². The first-order chi connectivity index (χ1) is 8.66. The first kappa shape index (κ1) is 13.4. The number of aryl methyl sites for hydroxylation is 1. The molecule has 1 unspecified atom stereocenters. The molecule has 1 fully saturated rings. The molecule has 1 atom stereocenters. The third-order valence-electron chi connectivity index (χ3n) is 3.71. The molecule has 1 aliphatic heterocycles.